The molecule has 2 rings (SSSR count). The summed E-state index contributed by atoms with van der Waals surface area (Å²) in [5.41, 5.74) is 0.850. The van der Waals surface area contributed by atoms with Gasteiger partial charge < -0.3 is 9.47 Å². The predicted octanol–water partition coefficient (Wildman–Crippen LogP) is 5.51. The second-order valence-corrected chi connectivity index (χ2v) is 6.77. The molecule has 1 atom stereocenters. The van der Waals surface area contributed by atoms with Gasteiger partial charge in [-0.15, -0.1) is 22.9 Å². The maximum Gasteiger partial charge on any atom is 0.133 e. The lowest BCUT2D eigenvalue weighted by molar-refractivity contribution is 0.397. The summed E-state index contributed by atoms with van der Waals surface area (Å²) in [5, 5.41) is -0.325. The van der Waals surface area contributed by atoms with Crippen LogP contribution in [0.2, 0.25) is 4.34 Å². The minimum atomic E-state index is -0.325. The second kappa shape index (κ2) is 6.35. The lowest BCUT2D eigenvalue weighted by Gasteiger charge is -2.15. The average molecular weight is 382 g/mol. The van der Waals surface area contributed by atoms with E-state index in [4.69, 9.17) is 32.7 Å². The topological polar surface area (TPSA) is 18.5 Å². The molecule has 1 unspecified atom stereocenters. The van der Waals surface area contributed by atoms with Gasteiger partial charge in [-0.05, 0) is 40.2 Å². The number of rotatable bonds is 4. The molecule has 0 amide bonds. The van der Waals surface area contributed by atoms with Crippen molar-refractivity contribution in [2.45, 2.75) is 5.38 Å². The number of hydrogen-bond acceptors (Lipinski definition) is 3. The molecule has 102 valence electrons. The van der Waals surface area contributed by atoms with Crippen LogP contribution in [0.5, 0.6) is 11.5 Å². The third-order valence-electron chi connectivity index (χ3n) is 2.62. The van der Waals surface area contributed by atoms with Gasteiger partial charge >= 0.3 is 0 Å². The lowest BCUT2D eigenvalue weighted by Crippen LogP contribution is -1.98. The van der Waals surface area contributed by atoms with Crippen LogP contribution in [0.15, 0.2) is 28.7 Å². The molecule has 0 radical (unpaired) electrons. The number of thiophene rings is 1. The zero-order valence-corrected chi connectivity index (χ0v) is 14.2. The standard InChI is InChI=1S/C13H11BrCl2O2S/c1-17-9-6-8(14)10(18-2)5-7(9)13(16)11-3-4-12(15)19-11/h3-6,13H,1-2H3. The number of ether oxygens (including phenoxy) is 2. The van der Waals surface area contributed by atoms with Crippen molar-refractivity contribution in [3.05, 3.63) is 43.5 Å². The Morgan fingerprint density at radius 3 is 2.37 bits per heavy atom. The Labute approximate surface area is 134 Å². The molecule has 1 aromatic carbocycles. The first-order valence-electron chi connectivity index (χ1n) is 5.37. The van der Waals surface area contributed by atoms with Crippen LogP contribution in [0.3, 0.4) is 0 Å². The third kappa shape index (κ3) is 3.19. The first-order chi connectivity index (χ1) is 9.06. The minimum absolute atomic E-state index is 0.325. The molecule has 0 aliphatic heterocycles. The van der Waals surface area contributed by atoms with Crippen LogP contribution in [0.25, 0.3) is 0 Å². The lowest BCUT2D eigenvalue weighted by atomic mass is 10.1. The van der Waals surface area contributed by atoms with Gasteiger partial charge in [0.25, 0.3) is 0 Å². The van der Waals surface area contributed by atoms with Gasteiger partial charge in [0, 0.05) is 10.4 Å². The summed E-state index contributed by atoms with van der Waals surface area (Å²) in [4.78, 5) is 0.967. The van der Waals surface area contributed by atoms with Gasteiger partial charge in [0.1, 0.15) is 11.5 Å². The molecule has 0 saturated heterocycles. The summed E-state index contributed by atoms with van der Waals surface area (Å²) in [5.74, 6) is 1.42. The molecule has 0 saturated carbocycles. The number of benzene rings is 1. The molecule has 0 N–H and O–H groups in total. The molecule has 1 aromatic heterocycles. The normalized spacial score (nSPS) is 12.3. The van der Waals surface area contributed by atoms with Crippen molar-refractivity contribution in [3.63, 3.8) is 0 Å². The molecule has 19 heavy (non-hydrogen) atoms. The second-order valence-electron chi connectivity index (χ2n) is 3.73. The van der Waals surface area contributed by atoms with Gasteiger partial charge in [0.05, 0.1) is 28.4 Å². The number of hydrogen-bond donors (Lipinski definition) is 0. The fraction of sp³-hybridized carbons (Fsp3) is 0.231. The molecule has 0 aliphatic rings. The van der Waals surface area contributed by atoms with Crippen molar-refractivity contribution in [2.24, 2.45) is 0 Å². The zero-order chi connectivity index (χ0) is 14.0. The Hall–Kier alpha value is -0.420. The molecular weight excluding hydrogens is 371 g/mol. The number of alkyl halides is 1. The van der Waals surface area contributed by atoms with Crippen LogP contribution in [-0.4, -0.2) is 14.2 Å². The van der Waals surface area contributed by atoms with E-state index in [1.165, 1.54) is 11.3 Å². The van der Waals surface area contributed by atoms with E-state index in [1.807, 2.05) is 24.3 Å². The average Bonchev–Trinajstić information content (AvgIpc) is 2.84. The van der Waals surface area contributed by atoms with Crippen LogP contribution >= 0.6 is 50.5 Å². The van der Waals surface area contributed by atoms with Gasteiger partial charge in [-0.1, -0.05) is 11.6 Å². The highest BCUT2D eigenvalue weighted by Crippen LogP contribution is 2.43. The smallest absolute Gasteiger partial charge is 0.133 e. The van der Waals surface area contributed by atoms with Crippen LogP contribution in [0.1, 0.15) is 15.8 Å². The Bertz CT molecular complexity index is 586. The fourth-order valence-corrected chi connectivity index (χ4v) is 3.62. The quantitative estimate of drug-likeness (QED) is 0.650. The summed E-state index contributed by atoms with van der Waals surface area (Å²) in [6.07, 6.45) is 0. The minimum Gasteiger partial charge on any atom is -0.496 e. The van der Waals surface area contributed by atoms with Crippen LogP contribution in [-0.2, 0) is 0 Å². The van der Waals surface area contributed by atoms with Gasteiger partial charge in [0.15, 0.2) is 0 Å². The first-order valence-corrected chi connectivity index (χ1v) is 7.80. The van der Waals surface area contributed by atoms with Crippen molar-refractivity contribution in [3.8, 4) is 11.5 Å². The number of halogens is 3. The van der Waals surface area contributed by atoms with Crippen molar-refractivity contribution in [1.82, 2.24) is 0 Å². The maximum atomic E-state index is 6.51. The van der Waals surface area contributed by atoms with E-state index in [0.29, 0.717) is 15.8 Å². The molecule has 2 nitrogen and oxygen atoms in total. The van der Waals surface area contributed by atoms with Crippen LogP contribution in [0, 0.1) is 0 Å². The highest BCUT2D eigenvalue weighted by Gasteiger charge is 2.20. The maximum absolute atomic E-state index is 6.51. The van der Waals surface area contributed by atoms with E-state index < -0.39 is 0 Å². The van der Waals surface area contributed by atoms with Crippen molar-refractivity contribution in [1.29, 1.82) is 0 Å². The summed E-state index contributed by atoms with van der Waals surface area (Å²) >= 11 is 17.3. The molecule has 0 bridgehead atoms. The molecule has 0 fully saturated rings. The van der Waals surface area contributed by atoms with Crippen molar-refractivity contribution < 1.29 is 9.47 Å². The summed E-state index contributed by atoms with van der Waals surface area (Å²) in [7, 11) is 3.23. The largest absolute Gasteiger partial charge is 0.496 e. The monoisotopic (exact) mass is 380 g/mol. The van der Waals surface area contributed by atoms with Crippen molar-refractivity contribution in [2.75, 3.05) is 14.2 Å². The van der Waals surface area contributed by atoms with E-state index in [9.17, 15) is 0 Å². The van der Waals surface area contributed by atoms with Gasteiger partial charge in [-0.3, -0.25) is 0 Å². The van der Waals surface area contributed by atoms with E-state index in [2.05, 4.69) is 15.9 Å². The Kier molecular flexibility index (Phi) is 5.01. The Morgan fingerprint density at radius 1 is 1.16 bits per heavy atom. The van der Waals surface area contributed by atoms with Crippen molar-refractivity contribution >= 4 is 50.5 Å². The Morgan fingerprint density at radius 2 is 1.84 bits per heavy atom. The molecular formula is C13H11BrCl2O2S. The van der Waals surface area contributed by atoms with Crippen LogP contribution in [0.4, 0.5) is 0 Å². The molecule has 2 aromatic rings. The van der Waals surface area contributed by atoms with Gasteiger partial charge in [-0.2, -0.15) is 0 Å². The van der Waals surface area contributed by atoms with E-state index in [0.717, 1.165) is 14.9 Å². The number of methoxy groups -OCH3 is 2. The summed E-state index contributed by atoms with van der Waals surface area (Å²) < 4.78 is 12.2. The highest BCUT2D eigenvalue weighted by atomic mass is 79.9. The van der Waals surface area contributed by atoms with E-state index in [1.54, 1.807) is 14.2 Å². The Balaban J connectivity index is 2.48. The van der Waals surface area contributed by atoms with Crippen LogP contribution < -0.4 is 9.47 Å². The SMILES string of the molecule is COc1cc(C(Cl)c2ccc(Cl)s2)c(OC)cc1Br. The molecule has 6 heteroatoms. The van der Waals surface area contributed by atoms with E-state index >= 15 is 0 Å². The molecule has 0 spiro atoms. The predicted molar refractivity (Wildman–Crippen MR) is 84.3 cm³/mol. The van der Waals surface area contributed by atoms with Gasteiger partial charge in [-0.25, -0.2) is 0 Å². The summed E-state index contributed by atoms with van der Waals surface area (Å²) in [6, 6.07) is 7.46. The van der Waals surface area contributed by atoms with Gasteiger partial charge in [0.2, 0.25) is 0 Å². The highest BCUT2D eigenvalue weighted by molar-refractivity contribution is 9.10. The third-order valence-corrected chi connectivity index (χ3v) is 5.14. The molecule has 0 aliphatic carbocycles. The molecule has 1 heterocycles. The first kappa shape index (κ1) is 15.0. The fourth-order valence-electron chi connectivity index (χ4n) is 1.70. The zero-order valence-electron chi connectivity index (χ0n) is 10.2. The van der Waals surface area contributed by atoms with E-state index in [-0.39, 0.29) is 5.38 Å². The summed E-state index contributed by atoms with van der Waals surface area (Å²) in [6.45, 7) is 0.